The van der Waals surface area contributed by atoms with E-state index in [1.54, 1.807) is 51.4 Å². The molecule has 4 aliphatic carbocycles. The Hall–Kier alpha value is 0. The van der Waals surface area contributed by atoms with Crippen molar-refractivity contribution in [2.75, 3.05) is 0 Å². The summed E-state index contributed by atoms with van der Waals surface area (Å²) < 4.78 is 0. The Morgan fingerprint density at radius 2 is 0.917 bits per heavy atom. The predicted molar refractivity (Wildman–Crippen MR) is 48.8 cm³/mol. The second-order valence-corrected chi connectivity index (χ2v) is 5.86. The van der Waals surface area contributed by atoms with Crippen LogP contribution < -0.4 is 0 Å². The van der Waals surface area contributed by atoms with Crippen molar-refractivity contribution in [3.8, 4) is 0 Å². The zero-order valence-electron chi connectivity index (χ0n) is 7.81. The van der Waals surface area contributed by atoms with Gasteiger partial charge in [0.2, 0.25) is 0 Å². The van der Waals surface area contributed by atoms with E-state index in [1.165, 1.54) is 11.8 Å². The van der Waals surface area contributed by atoms with Crippen molar-refractivity contribution in [1.82, 2.24) is 0 Å². The smallest absolute Gasteiger partial charge is 0.0210 e. The molecule has 4 saturated carbocycles. The molecule has 0 atom stereocenters. The fraction of sp³-hybridized carbons (Fsp3) is 1.00. The molecule has 66 valence electrons. The molecule has 0 aromatic heterocycles. The average Bonchev–Trinajstić information content (AvgIpc) is 2.77. The number of hydrogen-bond donors (Lipinski definition) is 0. The molecule has 0 unspecified atom stereocenters. The van der Waals surface area contributed by atoms with Gasteiger partial charge >= 0.3 is 0 Å². The van der Waals surface area contributed by atoms with E-state index in [2.05, 4.69) is 0 Å². The van der Waals surface area contributed by atoms with Crippen molar-refractivity contribution in [1.29, 1.82) is 0 Å². The first-order valence-electron chi connectivity index (χ1n) is 5.87. The molecule has 0 heterocycles. The molecule has 0 heteroatoms. The van der Waals surface area contributed by atoms with Gasteiger partial charge in [-0.1, -0.05) is 0 Å². The lowest BCUT2D eigenvalue weighted by atomic mass is 9.78. The largest absolute Gasteiger partial charge is 0.0496 e. The van der Waals surface area contributed by atoms with E-state index in [1.807, 2.05) is 0 Å². The second-order valence-electron chi connectivity index (χ2n) is 5.86. The molecule has 0 aliphatic heterocycles. The van der Waals surface area contributed by atoms with Crippen LogP contribution >= 0.6 is 0 Å². The van der Waals surface area contributed by atoms with Crippen molar-refractivity contribution in [3.63, 3.8) is 0 Å². The first kappa shape index (κ1) is 6.45. The fourth-order valence-electron chi connectivity index (χ4n) is 4.17. The summed E-state index contributed by atoms with van der Waals surface area (Å²) >= 11 is 0. The molecule has 0 saturated heterocycles. The molecule has 0 N–H and O–H groups in total. The van der Waals surface area contributed by atoms with Crippen LogP contribution in [0.1, 0.15) is 51.4 Å². The van der Waals surface area contributed by atoms with E-state index in [0.29, 0.717) is 0 Å². The molecule has 0 bridgehead atoms. The molecule has 4 aliphatic rings. The quantitative estimate of drug-likeness (QED) is 0.597. The third-order valence-corrected chi connectivity index (χ3v) is 5.29. The first-order valence-corrected chi connectivity index (χ1v) is 5.87. The topological polar surface area (TPSA) is 0 Å². The third kappa shape index (κ3) is 0.592. The Labute approximate surface area is 74.7 Å². The van der Waals surface area contributed by atoms with E-state index in [-0.39, 0.29) is 0 Å². The average molecular weight is 162 g/mol. The highest BCUT2D eigenvalue weighted by Crippen LogP contribution is 2.82. The van der Waals surface area contributed by atoms with Gasteiger partial charge in [-0.25, -0.2) is 0 Å². The Balaban J connectivity index is 1.69. The lowest BCUT2D eigenvalue weighted by Gasteiger charge is -2.26. The zero-order valence-corrected chi connectivity index (χ0v) is 7.81. The molecule has 0 amide bonds. The molecule has 0 nitrogen and oxygen atoms in total. The van der Waals surface area contributed by atoms with Crippen molar-refractivity contribution in [2.45, 2.75) is 51.4 Å². The van der Waals surface area contributed by atoms with Gasteiger partial charge in [-0.3, -0.25) is 0 Å². The van der Waals surface area contributed by atoms with E-state index < -0.39 is 0 Å². The predicted octanol–water partition coefficient (Wildman–Crippen LogP) is 3.37. The Morgan fingerprint density at radius 1 is 0.583 bits per heavy atom. The van der Waals surface area contributed by atoms with Crippen LogP contribution in [-0.4, -0.2) is 0 Å². The van der Waals surface area contributed by atoms with Gasteiger partial charge in [0.15, 0.2) is 0 Å². The minimum Gasteiger partial charge on any atom is -0.0496 e. The highest BCUT2D eigenvalue weighted by molar-refractivity contribution is 5.22. The number of hydrogen-bond acceptors (Lipinski definition) is 0. The third-order valence-electron chi connectivity index (χ3n) is 5.29. The summed E-state index contributed by atoms with van der Waals surface area (Å²) in [6.45, 7) is 0. The van der Waals surface area contributed by atoms with Gasteiger partial charge in [0.25, 0.3) is 0 Å². The molecule has 0 spiro atoms. The highest BCUT2D eigenvalue weighted by Gasteiger charge is 2.73. The van der Waals surface area contributed by atoms with E-state index in [9.17, 15) is 0 Å². The SMILES string of the molecule is C1CC1C1(C2(C3CC3)CC2)CC1. The van der Waals surface area contributed by atoms with Gasteiger partial charge in [-0.2, -0.15) is 0 Å². The molecule has 4 fully saturated rings. The molecule has 4 rings (SSSR count). The standard InChI is InChI=1S/C12H18/c1-2-9(1)11(5-6-11)12(7-8-12)10-3-4-10/h9-10H,1-8H2. The van der Waals surface area contributed by atoms with Gasteiger partial charge in [0, 0.05) is 0 Å². The Bertz CT molecular complexity index is 198. The molecule has 0 radical (unpaired) electrons. The molecular weight excluding hydrogens is 144 g/mol. The van der Waals surface area contributed by atoms with Crippen LogP contribution in [0.25, 0.3) is 0 Å². The maximum Gasteiger partial charge on any atom is -0.0210 e. The van der Waals surface area contributed by atoms with Gasteiger partial charge < -0.3 is 0 Å². The van der Waals surface area contributed by atoms with Gasteiger partial charge in [-0.15, -0.1) is 0 Å². The lowest BCUT2D eigenvalue weighted by molar-refractivity contribution is 0.209. The number of rotatable bonds is 3. The lowest BCUT2D eigenvalue weighted by Crippen LogP contribution is -2.21. The van der Waals surface area contributed by atoms with E-state index in [4.69, 9.17) is 0 Å². The second kappa shape index (κ2) is 1.63. The Kier molecular flexibility index (Phi) is 0.875. The zero-order chi connectivity index (χ0) is 7.81. The van der Waals surface area contributed by atoms with Gasteiger partial charge in [-0.05, 0) is 74.0 Å². The normalized spacial score (nSPS) is 41.0. The van der Waals surface area contributed by atoms with Crippen LogP contribution in [0.5, 0.6) is 0 Å². The van der Waals surface area contributed by atoms with E-state index >= 15 is 0 Å². The van der Waals surface area contributed by atoms with Gasteiger partial charge in [0.05, 0.1) is 0 Å². The molecule has 0 aromatic rings. The molecular formula is C12H18. The fourth-order valence-corrected chi connectivity index (χ4v) is 4.17. The van der Waals surface area contributed by atoms with Crippen molar-refractivity contribution < 1.29 is 0 Å². The monoisotopic (exact) mass is 162 g/mol. The van der Waals surface area contributed by atoms with Crippen LogP contribution in [0.3, 0.4) is 0 Å². The maximum absolute atomic E-state index is 1.62. The van der Waals surface area contributed by atoms with Crippen LogP contribution in [0, 0.1) is 22.7 Å². The minimum atomic E-state index is 0.953. The van der Waals surface area contributed by atoms with Crippen molar-refractivity contribution in [2.24, 2.45) is 22.7 Å². The minimum absolute atomic E-state index is 0.953. The van der Waals surface area contributed by atoms with Crippen LogP contribution in [-0.2, 0) is 0 Å². The molecule has 0 aromatic carbocycles. The van der Waals surface area contributed by atoms with Crippen molar-refractivity contribution in [3.05, 3.63) is 0 Å². The van der Waals surface area contributed by atoms with Crippen LogP contribution in [0.2, 0.25) is 0 Å². The van der Waals surface area contributed by atoms with Crippen molar-refractivity contribution >= 4 is 0 Å². The highest BCUT2D eigenvalue weighted by atomic mass is 14.8. The first-order chi connectivity index (χ1) is 5.87. The van der Waals surface area contributed by atoms with Gasteiger partial charge in [0.1, 0.15) is 0 Å². The summed E-state index contributed by atoms with van der Waals surface area (Å²) in [7, 11) is 0. The Morgan fingerprint density at radius 3 is 1.08 bits per heavy atom. The van der Waals surface area contributed by atoms with Crippen LogP contribution in [0.4, 0.5) is 0 Å². The molecule has 12 heavy (non-hydrogen) atoms. The summed E-state index contributed by atoms with van der Waals surface area (Å²) in [5.74, 6) is 2.42. The summed E-state index contributed by atoms with van der Waals surface area (Å²) in [6, 6.07) is 0. The summed E-state index contributed by atoms with van der Waals surface area (Å²) in [5, 5.41) is 0. The van der Waals surface area contributed by atoms with Crippen LogP contribution in [0.15, 0.2) is 0 Å². The summed E-state index contributed by atoms with van der Waals surface area (Å²) in [6.07, 6.45) is 12.8. The summed E-state index contributed by atoms with van der Waals surface area (Å²) in [4.78, 5) is 0. The maximum atomic E-state index is 1.62. The van der Waals surface area contributed by atoms with E-state index in [0.717, 1.165) is 10.8 Å². The summed E-state index contributed by atoms with van der Waals surface area (Å²) in [5.41, 5.74) is 1.91.